The van der Waals surface area contributed by atoms with Crippen molar-refractivity contribution in [3.63, 3.8) is 0 Å². The molecule has 10 heteroatoms. The van der Waals surface area contributed by atoms with E-state index >= 15 is 0 Å². The zero-order chi connectivity index (χ0) is 26.6. The van der Waals surface area contributed by atoms with E-state index < -0.39 is 16.1 Å². The number of carbonyl (C=O) groups is 1. The molecule has 9 nitrogen and oxygen atoms in total. The molecule has 0 amide bonds. The molecule has 0 aromatic carbocycles. The number of allylic oxidation sites excluding steroid dienone is 4. The number of hydrogen-bond donors (Lipinski definition) is 2. The lowest BCUT2D eigenvalue weighted by atomic mass is 9.82. The van der Waals surface area contributed by atoms with Crippen LogP contribution in [-0.4, -0.2) is 53.3 Å². The number of nitrogens with zero attached hydrogens (tertiary/aromatic N) is 4. The van der Waals surface area contributed by atoms with Crippen LogP contribution < -0.4 is 4.57 Å². The molecule has 0 fully saturated rings. The molecule has 2 aliphatic heterocycles. The standard InChI is InChI=1S/C26H36N4O5S/c1-25(2)19-27-30(17-10-18-36(33,34)35)22(25)13-8-12-21-26(3,4)20-11-9-16-29(24(20)28-21)15-7-5-6-14-23(31)32/h8-9,11-13,16,19H,5-7,10,14-15,17-18H2,1-4H3,(H-,31,32,33,34,35)/p+1. The molecule has 0 atom stereocenters. The zero-order valence-electron chi connectivity index (χ0n) is 21.5. The van der Waals surface area contributed by atoms with Crippen molar-refractivity contribution in [1.82, 2.24) is 5.01 Å². The van der Waals surface area contributed by atoms with E-state index in [1.807, 2.05) is 50.6 Å². The molecule has 0 aliphatic carbocycles. The summed E-state index contributed by atoms with van der Waals surface area (Å²) >= 11 is 0. The van der Waals surface area contributed by atoms with Gasteiger partial charge in [-0.25, -0.2) is 4.57 Å². The van der Waals surface area contributed by atoms with Gasteiger partial charge in [0.2, 0.25) is 0 Å². The van der Waals surface area contributed by atoms with Crippen LogP contribution in [0.3, 0.4) is 0 Å². The molecule has 0 spiro atoms. The summed E-state index contributed by atoms with van der Waals surface area (Å²) < 4.78 is 33.3. The summed E-state index contributed by atoms with van der Waals surface area (Å²) in [6, 6.07) is 4.13. The summed E-state index contributed by atoms with van der Waals surface area (Å²) in [5.41, 5.74) is 2.46. The summed E-state index contributed by atoms with van der Waals surface area (Å²) in [5, 5.41) is 15.0. The first-order chi connectivity index (χ1) is 16.8. The van der Waals surface area contributed by atoms with Crippen molar-refractivity contribution < 1.29 is 27.4 Å². The van der Waals surface area contributed by atoms with Gasteiger partial charge < -0.3 is 5.11 Å². The van der Waals surface area contributed by atoms with E-state index in [4.69, 9.17) is 14.7 Å². The molecule has 3 heterocycles. The molecule has 2 aliphatic rings. The number of pyridine rings is 1. The lowest BCUT2D eigenvalue weighted by Gasteiger charge is -2.23. The second kappa shape index (κ2) is 11.0. The molecule has 3 rings (SSSR count). The Labute approximate surface area is 213 Å². The molecule has 196 valence electrons. The third-order valence-electron chi connectivity index (χ3n) is 6.61. The molecular weight excluding hydrogens is 480 g/mol. The van der Waals surface area contributed by atoms with E-state index in [0.29, 0.717) is 13.0 Å². The van der Waals surface area contributed by atoms with Gasteiger partial charge in [0, 0.05) is 30.3 Å². The van der Waals surface area contributed by atoms with E-state index in [2.05, 4.69) is 29.6 Å². The average Bonchev–Trinajstić information content (AvgIpc) is 3.20. The van der Waals surface area contributed by atoms with Crippen LogP contribution in [0.5, 0.6) is 0 Å². The molecule has 0 saturated heterocycles. The smallest absolute Gasteiger partial charge is 0.327 e. The normalized spacial score (nSPS) is 19.3. The number of unbranched alkanes of at least 4 members (excludes halogenated alkanes) is 2. The minimum absolute atomic E-state index is 0.201. The minimum atomic E-state index is -4.00. The first-order valence-corrected chi connectivity index (χ1v) is 13.9. The van der Waals surface area contributed by atoms with Gasteiger partial charge in [-0.2, -0.15) is 13.5 Å². The number of fused-ring (bicyclic) bond motifs is 1. The number of rotatable bonds is 12. The predicted octanol–water partition coefficient (Wildman–Crippen LogP) is 4.03. The van der Waals surface area contributed by atoms with Crippen molar-refractivity contribution in [3.05, 3.63) is 47.8 Å². The van der Waals surface area contributed by atoms with Crippen LogP contribution in [0.1, 0.15) is 65.4 Å². The highest BCUT2D eigenvalue weighted by Gasteiger charge is 2.42. The number of aliphatic imine (C=N–C) groups is 1. The van der Waals surface area contributed by atoms with Crippen LogP contribution >= 0.6 is 0 Å². The van der Waals surface area contributed by atoms with Gasteiger partial charge in [-0.05, 0) is 82.7 Å². The fraction of sp³-hybridized carbons (Fsp3) is 0.538. The van der Waals surface area contributed by atoms with E-state index in [1.54, 1.807) is 5.01 Å². The maximum absolute atomic E-state index is 11.1. The second-order valence-electron chi connectivity index (χ2n) is 10.4. The highest BCUT2D eigenvalue weighted by Crippen LogP contribution is 2.38. The van der Waals surface area contributed by atoms with Crippen LogP contribution in [0.2, 0.25) is 0 Å². The molecule has 0 saturated carbocycles. The monoisotopic (exact) mass is 517 g/mol. The van der Waals surface area contributed by atoms with E-state index in [9.17, 15) is 13.2 Å². The molecular formula is C26H37N4O5S+. The third-order valence-corrected chi connectivity index (χ3v) is 7.41. The van der Waals surface area contributed by atoms with E-state index in [0.717, 1.165) is 42.2 Å². The van der Waals surface area contributed by atoms with Gasteiger partial charge in [0.25, 0.3) is 10.1 Å². The highest BCUT2D eigenvalue weighted by atomic mass is 32.2. The average molecular weight is 518 g/mol. The lowest BCUT2D eigenvalue weighted by molar-refractivity contribution is -0.684. The Morgan fingerprint density at radius 2 is 1.92 bits per heavy atom. The van der Waals surface area contributed by atoms with Gasteiger partial charge in [-0.15, -0.1) is 0 Å². The summed E-state index contributed by atoms with van der Waals surface area (Å²) in [6.07, 6.45) is 12.7. The maximum Gasteiger partial charge on any atom is 0.327 e. The van der Waals surface area contributed by atoms with E-state index in [1.165, 1.54) is 0 Å². The van der Waals surface area contributed by atoms with E-state index in [-0.39, 0.29) is 29.4 Å². The summed E-state index contributed by atoms with van der Waals surface area (Å²) in [5.74, 6) is -0.120. The highest BCUT2D eigenvalue weighted by molar-refractivity contribution is 7.85. The van der Waals surface area contributed by atoms with Gasteiger partial charge in [0.1, 0.15) is 0 Å². The fourth-order valence-electron chi connectivity index (χ4n) is 4.49. The number of hydrogen-bond acceptors (Lipinski definition) is 6. The first-order valence-electron chi connectivity index (χ1n) is 12.3. The van der Waals surface area contributed by atoms with Crippen LogP contribution in [0.4, 0.5) is 5.82 Å². The largest absolute Gasteiger partial charge is 0.481 e. The Balaban J connectivity index is 1.73. The van der Waals surface area contributed by atoms with Crippen molar-refractivity contribution in [1.29, 1.82) is 0 Å². The number of carboxylic acids is 1. The fourth-order valence-corrected chi connectivity index (χ4v) is 4.98. The van der Waals surface area contributed by atoms with Gasteiger partial charge in [-0.3, -0.25) is 14.4 Å². The topological polar surface area (TPSA) is 124 Å². The van der Waals surface area contributed by atoms with Gasteiger partial charge in [-0.1, -0.05) is 6.08 Å². The SMILES string of the molecule is CC1(C)C=NN(CCCS(=O)(=O)O)/C1=C/C=C/C1=Nc2c(ccc[n+]2CCCCCC(=O)O)C1(C)C. The van der Waals surface area contributed by atoms with Crippen molar-refractivity contribution >= 4 is 33.8 Å². The minimum Gasteiger partial charge on any atom is -0.481 e. The summed E-state index contributed by atoms with van der Waals surface area (Å²) in [7, 11) is -4.00. The molecule has 1 aromatic rings. The predicted molar refractivity (Wildman–Crippen MR) is 140 cm³/mol. The van der Waals surface area contributed by atoms with Crippen LogP contribution in [0.25, 0.3) is 0 Å². The quantitative estimate of drug-likeness (QED) is 0.245. The number of aromatic nitrogens is 1. The van der Waals surface area contributed by atoms with Crippen molar-refractivity contribution in [2.45, 2.75) is 71.8 Å². The Bertz CT molecular complexity index is 1210. The number of carboxylic acid groups (broad SMARTS) is 1. The van der Waals surface area contributed by atoms with Gasteiger partial charge in [0.15, 0.2) is 5.71 Å². The Morgan fingerprint density at radius 3 is 2.61 bits per heavy atom. The van der Waals surface area contributed by atoms with Crippen LogP contribution in [-0.2, 0) is 26.9 Å². The maximum atomic E-state index is 11.1. The number of hydrazone groups is 1. The number of aryl methyl sites for hydroxylation is 1. The van der Waals surface area contributed by atoms with Crippen LogP contribution in [0.15, 0.2) is 52.3 Å². The molecule has 2 N–H and O–H groups in total. The lowest BCUT2D eigenvalue weighted by Crippen LogP contribution is -2.34. The molecule has 1 aromatic heterocycles. The molecule has 0 unspecified atom stereocenters. The first kappa shape index (κ1) is 27.7. The Morgan fingerprint density at radius 1 is 1.17 bits per heavy atom. The van der Waals surface area contributed by atoms with Crippen molar-refractivity contribution in [2.24, 2.45) is 15.5 Å². The summed E-state index contributed by atoms with van der Waals surface area (Å²) in [6.45, 7) is 9.57. The van der Waals surface area contributed by atoms with Crippen molar-refractivity contribution in [2.75, 3.05) is 12.3 Å². The molecule has 36 heavy (non-hydrogen) atoms. The third kappa shape index (κ3) is 6.88. The summed E-state index contributed by atoms with van der Waals surface area (Å²) in [4.78, 5) is 15.7. The number of aliphatic carboxylic acids is 1. The Kier molecular flexibility index (Phi) is 8.51. The van der Waals surface area contributed by atoms with Gasteiger partial charge in [0.05, 0.1) is 29.5 Å². The zero-order valence-corrected chi connectivity index (χ0v) is 22.3. The molecule has 0 bridgehead atoms. The molecule has 0 radical (unpaired) electrons. The van der Waals surface area contributed by atoms with Crippen LogP contribution in [0, 0.1) is 5.41 Å². The second-order valence-corrected chi connectivity index (χ2v) is 12.0. The van der Waals surface area contributed by atoms with Gasteiger partial charge >= 0.3 is 11.8 Å². The Hall–Kier alpha value is -2.85. The van der Waals surface area contributed by atoms with Crippen molar-refractivity contribution in [3.8, 4) is 0 Å².